The largest absolute Gasteiger partial charge is 0.0917 e. The molecule has 0 aromatic rings. The Kier molecular flexibility index (Phi) is 7.66. The molecule has 0 bridgehead atoms. The summed E-state index contributed by atoms with van der Waals surface area (Å²) >= 11 is 0. The van der Waals surface area contributed by atoms with Gasteiger partial charge in [-0.1, -0.05) is 45.3 Å². The van der Waals surface area contributed by atoms with Gasteiger partial charge in [-0.15, -0.1) is 0 Å². The number of allylic oxidation sites excluding steroid dienone is 2. The molecule has 0 spiro atoms. The minimum absolute atomic E-state index is 0.922. The van der Waals surface area contributed by atoms with E-state index in [1.807, 2.05) is 0 Å². The maximum absolute atomic E-state index is 2.36. The van der Waals surface area contributed by atoms with Crippen molar-refractivity contribution in [1.82, 2.24) is 0 Å². The fourth-order valence-corrected chi connectivity index (χ4v) is 1.24. The van der Waals surface area contributed by atoms with E-state index in [2.05, 4.69) is 32.9 Å². The van der Waals surface area contributed by atoms with Crippen LogP contribution in [0.3, 0.4) is 0 Å². The van der Waals surface area contributed by atoms with Crippen LogP contribution in [0.25, 0.3) is 0 Å². The lowest BCUT2D eigenvalue weighted by Crippen LogP contribution is -1.92. The van der Waals surface area contributed by atoms with E-state index in [0.29, 0.717) is 0 Å². The summed E-state index contributed by atoms with van der Waals surface area (Å²) in [6.45, 7) is 6.72. The fraction of sp³-hybridized carbons (Fsp3) is 0.818. The topological polar surface area (TPSA) is 0 Å². The molecular weight excluding hydrogens is 132 g/mol. The van der Waals surface area contributed by atoms with Gasteiger partial charge in [-0.25, -0.2) is 0 Å². The van der Waals surface area contributed by atoms with Crippen LogP contribution >= 0.6 is 0 Å². The maximum atomic E-state index is 2.36. The highest BCUT2D eigenvalue weighted by Crippen LogP contribution is 2.13. The van der Waals surface area contributed by atoms with Crippen molar-refractivity contribution in [2.24, 2.45) is 5.92 Å². The van der Waals surface area contributed by atoms with Crippen LogP contribution in [0.5, 0.6) is 0 Å². The molecule has 0 fully saturated rings. The number of rotatable bonds is 6. The second kappa shape index (κ2) is 7.84. The first-order valence-corrected chi connectivity index (χ1v) is 4.92. The number of hydrogen-bond donors (Lipinski definition) is 0. The van der Waals surface area contributed by atoms with Crippen LogP contribution in [0, 0.1) is 5.92 Å². The zero-order chi connectivity index (χ0) is 8.53. The van der Waals surface area contributed by atoms with Gasteiger partial charge in [0.25, 0.3) is 0 Å². The van der Waals surface area contributed by atoms with Crippen molar-refractivity contribution < 1.29 is 0 Å². The quantitative estimate of drug-likeness (QED) is 0.504. The Morgan fingerprint density at radius 2 is 2.00 bits per heavy atom. The molecule has 0 heteroatoms. The van der Waals surface area contributed by atoms with Gasteiger partial charge in [0.05, 0.1) is 0 Å². The van der Waals surface area contributed by atoms with Crippen molar-refractivity contribution in [2.45, 2.75) is 52.9 Å². The molecule has 0 aliphatic rings. The van der Waals surface area contributed by atoms with Crippen LogP contribution in [-0.2, 0) is 0 Å². The lowest BCUT2D eigenvalue weighted by Gasteiger charge is -2.07. The highest BCUT2D eigenvalue weighted by atomic mass is 14.0. The molecule has 0 nitrogen and oxygen atoms in total. The van der Waals surface area contributed by atoms with Gasteiger partial charge in [-0.05, 0) is 25.7 Å². The molecule has 0 amide bonds. The SMILES string of the molecule is CC=CCCC(C)CCCC. The second-order valence-corrected chi connectivity index (χ2v) is 3.39. The summed E-state index contributed by atoms with van der Waals surface area (Å²) in [4.78, 5) is 0. The van der Waals surface area contributed by atoms with Crippen LogP contribution in [0.15, 0.2) is 12.2 Å². The number of unbranched alkanes of at least 4 members (excludes halogenated alkanes) is 1. The Labute approximate surface area is 71.7 Å². The molecule has 0 rings (SSSR count). The Balaban J connectivity index is 3.15. The molecule has 0 radical (unpaired) electrons. The molecule has 0 heterocycles. The third-order valence-electron chi connectivity index (χ3n) is 2.11. The van der Waals surface area contributed by atoms with Gasteiger partial charge in [0.1, 0.15) is 0 Å². The summed E-state index contributed by atoms with van der Waals surface area (Å²) in [6.07, 6.45) is 11.2. The Hall–Kier alpha value is -0.260. The first-order chi connectivity index (χ1) is 5.31. The molecule has 0 saturated heterocycles. The van der Waals surface area contributed by atoms with Gasteiger partial charge in [-0.2, -0.15) is 0 Å². The fourth-order valence-electron chi connectivity index (χ4n) is 1.24. The summed E-state index contributed by atoms with van der Waals surface area (Å²) in [6, 6.07) is 0. The summed E-state index contributed by atoms with van der Waals surface area (Å²) in [7, 11) is 0. The van der Waals surface area contributed by atoms with E-state index in [0.717, 1.165) is 5.92 Å². The minimum atomic E-state index is 0.922. The van der Waals surface area contributed by atoms with E-state index in [1.165, 1.54) is 32.1 Å². The summed E-state index contributed by atoms with van der Waals surface area (Å²) in [5.74, 6) is 0.922. The first-order valence-electron chi connectivity index (χ1n) is 4.92. The van der Waals surface area contributed by atoms with Crippen molar-refractivity contribution in [3.63, 3.8) is 0 Å². The van der Waals surface area contributed by atoms with Gasteiger partial charge in [0.15, 0.2) is 0 Å². The number of hydrogen-bond acceptors (Lipinski definition) is 0. The average molecular weight is 154 g/mol. The molecule has 66 valence electrons. The highest BCUT2D eigenvalue weighted by Gasteiger charge is 1.98. The molecule has 1 unspecified atom stereocenters. The van der Waals surface area contributed by atoms with Crippen molar-refractivity contribution in [1.29, 1.82) is 0 Å². The standard InChI is InChI=1S/C11H22/c1-4-6-8-10-11(3)9-7-5-2/h4,6,11H,5,7-10H2,1-3H3. The summed E-state index contributed by atoms with van der Waals surface area (Å²) in [5, 5.41) is 0. The molecule has 0 aromatic carbocycles. The third-order valence-corrected chi connectivity index (χ3v) is 2.11. The Bertz CT molecular complexity index is 92.2. The predicted molar refractivity (Wildman–Crippen MR) is 52.7 cm³/mol. The lowest BCUT2D eigenvalue weighted by molar-refractivity contribution is 0.475. The van der Waals surface area contributed by atoms with Crippen LogP contribution in [0.4, 0.5) is 0 Å². The Morgan fingerprint density at radius 3 is 2.55 bits per heavy atom. The normalized spacial score (nSPS) is 14.1. The molecule has 1 atom stereocenters. The molecule has 11 heavy (non-hydrogen) atoms. The van der Waals surface area contributed by atoms with Gasteiger partial charge in [0.2, 0.25) is 0 Å². The Morgan fingerprint density at radius 1 is 1.27 bits per heavy atom. The smallest absolute Gasteiger partial charge is 0.0348 e. The van der Waals surface area contributed by atoms with Crippen LogP contribution in [-0.4, -0.2) is 0 Å². The van der Waals surface area contributed by atoms with Gasteiger partial charge in [0, 0.05) is 0 Å². The molecule has 0 aromatic heterocycles. The molecule has 0 N–H and O–H groups in total. The zero-order valence-corrected chi connectivity index (χ0v) is 8.27. The predicted octanol–water partition coefficient (Wildman–Crippen LogP) is 4.17. The van der Waals surface area contributed by atoms with E-state index in [-0.39, 0.29) is 0 Å². The van der Waals surface area contributed by atoms with E-state index in [4.69, 9.17) is 0 Å². The molecule has 0 aliphatic carbocycles. The average Bonchev–Trinajstić information content (AvgIpc) is 2.01. The van der Waals surface area contributed by atoms with Gasteiger partial charge < -0.3 is 0 Å². The molecule has 0 aliphatic heterocycles. The van der Waals surface area contributed by atoms with Crippen molar-refractivity contribution in [2.75, 3.05) is 0 Å². The monoisotopic (exact) mass is 154 g/mol. The maximum Gasteiger partial charge on any atom is -0.0348 e. The van der Waals surface area contributed by atoms with Crippen LogP contribution < -0.4 is 0 Å². The first kappa shape index (κ1) is 10.7. The molecular formula is C11H22. The lowest BCUT2D eigenvalue weighted by atomic mass is 9.99. The van der Waals surface area contributed by atoms with Crippen molar-refractivity contribution in [3.8, 4) is 0 Å². The summed E-state index contributed by atoms with van der Waals surface area (Å²) < 4.78 is 0. The minimum Gasteiger partial charge on any atom is -0.0917 e. The van der Waals surface area contributed by atoms with E-state index < -0.39 is 0 Å². The second-order valence-electron chi connectivity index (χ2n) is 3.39. The molecule has 0 saturated carbocycles. The van der Waals surface area contributed by atoms with E-state index >= 15 is 0 Å². The third kappa shape index (κ3) is 7.64. The zero-order valence-electron chi connectivity index (χ0n) is 8.27. The van der Waals surface area contributed by atoms with E-state index in [1.54, 1.807) is 0 Å². The van der Waals surface area contributed by atoms with Crippen LogP contribution in [0.2, 0.25) is 0 Å². The summed E-state index contributed by atoms with van der Waals surface area (Å²) in [5.41, 5.74) is 0. The van der Waals surface area contributed by atoms with Gasteiger partial charge in [-0.3, -0.25) is 0 Å². The van der Waals surface area contributed by atoms with Gasteiger partial charge >= 0.3 is 0 Å². The van der Waals surface area contributed by atoms with E-state index in [9.17, 15) is 0 Å². The highest BCUT2D eigenvalue weighted by molar-refractivity contribution is 4.77. The van der Waals surface area contributed by atoms with Crippen molar-refractivity contribution in [3.05, 3.63) is 12.2 Å². The van der Waals surface area contributed by atoms with Crippen molar-refractivity contribution >= 4 is 0 Å². The van der Waals surface area contributed by atoms with Crippen LogP contribution in [0.1, 0.15) is 52.9 Å².